The van der Waals surface area contributed by atoms with Crippen LogP contribution in [0.2, 0.25) is 5.02 Å². The maximum Gasteiger partial charge on any atom is 0.290 e. The van der Waals surface area contributed by atoms with E-state index in [9.17, 15) is 14.4 Å². The van der Waals surface area contributed by atoms with Crippen LogP contribution in [0.5, 0.6) is 5.75 Å². The Morgan fingerprint density at radius 1 is 1.10 bits per heavy atom. The normalized spacial score (nSPS) is 14.7. The number of thioether (sulfide) groups is 1. The van der Waals surface area contributed by atoms with E-state index in [0.29, 0.717) is 41.7 Å². The van der Waals surface area contributed by atoms with Gasteiger partial charge in [0.1, 0.15) is 5.75 Å². The van der Waals surface area contributed by atoms with Gasteiger partial charge in [-0.2, -0.15) is 0 Å². The monoisotopic (exact) mass is 430 g/mol. The quantitative estimate of drug-likeness (QED) is 0.485. The highest BCUT2D eigenvalue weighted by molar-refractivity contribution is 8.18. The molecule has 0 saturated carbocycles. The third kappa shape index (κ3) is 6.66. The molecule has 3 amide bonds. The van der Waals surface area contributed by atoms with E-state index in [0.717, 1.165) is 22.9 Å². The number of amides is 3. The third-order valence-corrected chi connectivity index (χ3v) is 5.10. The highest BCUT2D eigenvalue weighted by Gasteiger charge is 2.24. The van der Waals surface area contributed by atoms with Crippen LogP contribution in [0, 0.1) is 0 Å². The lowest BCUT2D eigenvalue weighted by Crippen LogP contribution is -2.22. The second-order valence-corrected chi connectivity index (χ2v) is 7.73. The summed E-state index contributed by atoms with van der Waals surface area (Å²) in [6, 6.07) is 14.5. The molecule has 1 saturated heterocycles. The Kier molecular flexibility index (Phi) is 7.32. The topological polar surface area (TPSA) is 84.5 Å². The number of benzene rings is 2. The van der Waals surface area contributed by atoms with E-state index in [1.807, 2.05) is 12.1 Å². The number of nitrogens with one attached hydrogen (secondary N) is 2. The van der Waals surface area contributed by atoms with Crippen LogP contribution in [-0.2, 0) is 16.1 Å². The van der Waals surface area contributed by atoms with Crippen molar-refractivity contribution in [3.63, 3.8) is 0 Å². The molecule has 0 unspecified atom stereocenters. The van der Waals surface area contributed by atoms with Gasteiger partial charge in [0, 0.05) is 18.0 Å². The highest BCUT2D eigenvalue weighted by Crippen LogP contribution is 2.26. The van der Waals surface area contributed by atoms with Gasteiger partial charge in [0.05, 0.1) is 11.5 Å². The molecule has 3 rings (SSSR count). The van der Waals surface area contributed by atoms with Gasteiger partial charge in [-0.25, -0.2) is 0 Å². The van der Waals surface area contributed by atoms with E-state index >= 15 is 0 Å². The lowest BCUT2D eigenvalue weighted by Gasteiger charge is -2.08. The van der Waals surface area contributed by atoms with E-state index in [-0.39, 0.29) is 17.1 Å². The summed E-state index contributed by atoms with van der Waals surface area (Å²) in [5.74, 6) is 0.260. The number of rotatable bonds is 8. The summed E-state index contributed by atoms with van der Waals surface area (Å²) >= 11 is 6.72. The molecular formula is C21H19ClN2O4S. The highest BCUT2D eigenvalue weighted by atomic mass is 35.5. The zero-order valence-corrected chi connectivity index (χ0v) is 17.0. The zero-order chi connectivity index (χ0) is 20.6. The first-order valence-corrected chi connectivity index (χ1v) is 10.2. The summed E-state index contributed by atoms with van der Waals surface area (Å²) in [5, 5.41) is 5.38. The van der Waals surface area contributed by atoms with Gasteiger partial charge in [0.25, 0.3) is 11.1 Å². The van der Waals surface area contributed by atoms with Crippen molar-refractivity contribution in [3.05, 3.63) is 69.6 Å². The standard InChI is InChI=1S/C21H19ClN2O4S/c22-16-7-3-15(4-8-16)13-23-19(25)2-1-11-28-17-9-5-14(6-10-17)12-18-20(26)24-21(27)29-18/h3-10,12H,1-2,11,13H2,(H,23,25)(H,24,26,27)/b18-12+. The van der Waals surface area contributed by atoms with Crippen LogP contribution in [0.4, 0.5) is 4.79 Å². The number of carbonyl (C=O) groups is 3. The number of halogens is 1. The molecule has 150 valence electrons. The average molecular weight is 431 g/mol. The molecule has 2 N–H and O–H groups in total. The van der Waals surface area contributed by atoms with Crippen molar-refractivity contribution in [1.82, 2.24) is 10.6 Å². The van der Waals surface area contributed by atoms with Crippen molar-refractivity contribution >= 4 is 46.5 Å². The van der Waals surface area contributed by atoms with Gasteiger partial charge in [0.15, 0.2) is 0 Å². The Bertz CT molecular complexity index is 927. The van der Waals surface area contributed by atoms with Crippen LogP contribution in [0.3, 0.4) is 0 Å². The molecule has 8 heteroatoms. The van der Waals surface area contributed by atoms with Crippen LogP contribution in [-0.4, -0.2) is 23.7 Å². The van der Waals surface area contributed by atoms with Gasteiger partial charge in [-0.3, -0.25) is 19.7 Å². The van der Waals surface area contributed by atoms with Gasteiger partial charge in [-0.1, -0.05) is 35.9 Å². The minimum absolute atomic E-state index is 0.0348. The SMILES string of the molecule is O=C(CCCOc1ccc(/C=C2/SC(=O)NC2=O)cc1)NCc1ccc(Cl)cc1. The maximum atomic E-state index is 11.9. The Labute approximate surface area is 177 Å². The van der Waals surface area contributed by atoms with Gasteiger partial charge < -0.3 is 10.1 Å². The van der Waals surface area contributed by atoms with Gasteiger partial charge in [-0.15, -0.1) is 0 Å². The van der Waals surface area contributed by atoms with E-state index < -0.39 is 0 Å². The van der Waals surface area contributed by atoms with Crippen molar-refractivity contribution in [2.75, 3.05) is 6.61 Å². The number of ether oxygens (including phenoxy) is 1. The second-order valence-electron chi connectivity index (χ2n) is 6.28. The van der Waals surface area contributed by atoms with Crippen LogP contribution in [0.25, 0.3) is 6.08 Å². The molecule has 1 heterocycles. The van der Waals surface area contributed by atoms with Crippen molar-refractivity contribution in [1.29, 1.82) is 0 Å². The first kappa shape index (κ1) is 21.0. The van der Waals surface area contributed by atoms with Crippen LogP contribution >= 0.6 is 23.4 Å². The Morgan fingerprint density at radius 3 is 2.48 bits per heavy atom. The predicted molar refractivity (Wildman–Crippen MR) is 114 cm³/mol. The predicted octanol–water partition coefficient (Wildman–Crippen LogP) is 4.14. The molecule has 0 bridgehead atoms. The lowest BCUT2D eigenvalue weighted by atomic mass is 10.2. The lowest BCUT2D eigenvalue weighted by molar-refractivity contribution is -0.121. The molecule has 1 aliphatic heterocycles. The molecule has 2 aromatic carbocycles. The Hall–Kier alpha value is -2.77. The van der Waals surface area contributed by atoms with Crippen molar-refractivity contribution < 1.29 is 19.1 Å². The number of carbonyl (C=O) groups excluding carboxylic acids is 3. The van der Waals surface area contributed by atoms with Crippen molar-refractivity contribution in [2.45, 2.75) is 19.4 Å². The van der Waals surface area contributed by atoms with Crippen LogP contribution in [0.1, 0.15) is 24.0 Å². The molecule has 0 radical (unpaired) electrons. The summed E-state index contributed by atoms with van der Waals surface area (Å²) in [5.41, 5.74) is 1.79. The second kappa shape index (κ2) is 10.1. The summed E-state index contributed by atoms with van der Waals surface area (Å²) < 4.78 is 5.64. The molecule has 2 aromatic rings. The molecule has 29 heavy (non-hydrogen) atoms. The van der Waals surface area contributed by atoms with Crippen molar-refractivity contribution in [3.8, 4) is 5.75 Å². The fourth-order valence-electron chi connectivity index (χ4n) is 2.55. The molecule has 0 spiro atoms. The summed E-state index contributed by atoms with van der Waals surface area (Å²) in [6.45, 7) is 0.886. The minimum Gasteiger partial charge on any atom is -0.494 e. The van der Waals surface area contributed by atoms with E-state index in [4.69, 9.17) is 16.3 Å². The Morgan fingerprint density at radius 2 is 1.83 bits per heavy atom. The number of imide groups is 1. The smallest absolute Gasteiger partial charge is 0.290 e. The summed E-state index contributed by atoms with van der Waals surface area (Å²) in [4.78, 5) is 35.0. The molecule has 6 nitrogen and oxygen atoms in total. The minimum atomic E-state index is -0.380. The van der Waals surface area contributed by atoms with E-state index in [1.165, 1.54) is 0 Å². The molecule has 1 fully saturated rings. The van der Waals surface area contributed by atoms with Crippen molar-refractivity contribution in [2.24, 2.45) is 0 Å². The number of hydrogen-bond donors (Lipinski definition) is 2. The van der Waals surface area contributed by atoms with Gasteiger partial charge >= 0.3 is 0 Å². The zero-order valence-electron chi connectivity index (χ0n) is 15.4. The average Bonchev–Trinajstić information content (AvgIpc) is 3.03. The maximum absolute atomic E-state index is 11.9. The van der Waals surface area contributed by atoms with Crippen LogP contribution in [0.15, 0.2) is 53.4 Å². The fraction of sp³-hybridized carbons (Fsp3) is 0.190. The first-order valence-electron chi connectivity index (χ1n) is 8.98. The first-order chi connectivity index (χ1) is 14.0. The van der Waals surface area contributed by atoms with E-state index in [1.54, 1.807) is 42.5 Å². The summed E-state index contributed by atoms with van der Waals surface area (Å²) in [7, 11) is 0. The molecule has 0 aliphatic carbocycles. The third-order valence-electron chi connectivity index (χ3n) is 4.04. The Balaban J connectivity index is 1.36. The molecule has 0 atom stereocenters. The van der Waals surface area contributed by atoms with Crippen LogP contribution < -0.4 is 15.4 Å². The van der Waals surface area contributed by atoms with E-state index in [2.05, 4.69) is 10.6 Å². The number of hydrogen-bond acceptors (Lipinski definition) is 5. The largest absolute Gasteiger partial charge is 0.494 e. The molecule has 1 aliphatic rings. The van der Waals surface area contributed by atoms with Gasteiger partial charge in [0.2, 0.25) is 5.91 Å². The molecule has 0 aromatic heterocycles. The molecular weight excluding hydrogens is 412 g/mol. The summed E-state index contributed by atoms with van der Waals surface area (Å²) in [6.07, 6.45) is 2.62. The fourth-order valence-corrected chi connectivity index (χ4v) is 3.35. The van der Waals surface area contributed by atoms with Gasteiger partial charge in [-0.05, 0) is 59.7 Å².